The average Bonchev–Trinajstić information content (AvgIpc) is 2.68. The van der Waals surface area contributed by atoms with Gasteiger partial charge in [-0.3, -0.25) is 9.78 Å². The van der Waals surface area contributed by atoms with Gasteiger partial charge in [0.25, 0.3) is 0 Å². The van der Waals surface area contributed by atoms with Crippen LogP contribution in [-0.2, 0) is 9.53 Å². The Morgan fingerprint density at radius 1 is 1.36 bits per heavy atom. The number of methoxy groups -OCH3 is 1. The van der Waals surface area contributed by atoms with Crippen LogP contribution >= 0.6 is 11.6 Å². The molecule has 3 rings (SSSR count). The number of carbonyl (C=O) groups is 2. The molecule has 28 heavy (non-hydrogen) atoms. The Morgan fingerprint density at radius 3 is 2.71 bits per heavy atom. The highest BCUT2D eigenvalue weighted by atomic mass is 35.5. The van der Waals surface area contributed by atoms with Crippen LogP contribution in [0, 0.1) is 5.82 Å². The lowest BCUT2D eigenvalue weighted by atomic mass is 10.1. The van der Waals surface area contributed by atoms with Gasteiger partial charge in [-0.25, -0.2) is 14.0 Å². The Kier molecular flexibility index (Phi) is 5.23. The van der Waals surface area contributed by atoms with Crippen molar-refractivity contribution in [1.29, 1.82) is 0 Å². The fraction of sp³-hybridized carbons (Fsp3) is 0.0526. The number of halogens is 2. The molecule has 3 aromatic rings. The second-order valence-electron chi connectivity index (χ2n) is 5.64. The molecule has 0 bridgehead atoms. The minimum Gasteiger partial charge on any atom is -0.477 e. The molecule has 2 heterocycles. The summed E-state index contributed by atoms with van der Waals surface area (Å²) >= 11 is 5.84. The molecule has 142 valence electrons. The minimum absolute atomic E-state index is 0.0435. The molecule has 0 aliphatic heterocycles. The summed E-state index contributed by atoms with van der Waals surface area (Å²) in [5.74, 6) is -3.23. The van der Waals surface area contributed by atoms with Crippen molar-refractivity contribution >= 4 is 46.2 Å². The summed E-state index contributed by atoms with van der Waals surface area (Å²) in [6.07, 6.45) is 5.37. The number of esters is 1. The zero-order valence-electron chi connectivity index (χ0n) is 14.3. The third-order valence-corrected chi connectivity index (χ3v) is 4.21. The number of hydrogen-bond donors (Lipinski definition) is 1. The molecule has 0 aliphatic rings. The van der Waals surface area contributed by atoms with Crippen LogP contribution in [0.2, 0.25) is 5.02 Å². The number of pyridine rings is 2. The van der Waals surface area contributed by atoms with Crippen molar-refractivity contribution in [2.75, 3.05) is 7.11 Å². The maximum Gasteiger partial charge on any atom is 0.355 e. The smallest absolute Gasteiger partial charge is 0.355 e. The Morgan fingerprint density at radius 2 is 2.11 bits per heavy atom. The molecule has 0 spiro atoms. The van der Waals surface area contributed by atoms with Crippen molar-refractivity contribution in [3.05, 3.63) is 75.0 Å². The van der Waals surface area contributed by atoms with Gasteiger partial charge in [0.05, 0.1) is 17.6 Å². The van der Waals surface area contributed by atoms with Gasteiger partial charge in [0.1, 0.15) is 17.1 Å². The summed E-state index contributed by atoms with van der Waals surface area (Å²) in [5, 5.41) is 8.82. The third-order valence-electron chi connectivity index (χ3n) is 3.92. The van der Waals surface area contributed by atoms with Crippen LogP contribution in [0.25, 0.3) is 22.7 Å². The maximum atomic E-state index is 13.9. The number of fused-ring (bicyclic) bond motifs is 1. The number of carbonyl (C=O) groups excluding carboxylic acids is 1. The van der Waals surface area contributed by atoms with E-state index in [1.807, 2.05) is 0 Å². The molecule has 0 atom stereocenters. The molecule has 9 heteroatoms. The monoisotopic (exact) mass is 402 g/mol. The number of nitrogens with zero attached hydrogens (tertiary/aromatic N) is 2. The molecule has 0 saturated heterocycles. The molecule has 1 N–H and O–H groups in total. The molecule has 0 amide bonds. The van der Waals surface area contributed by atoms with Crippen molar-refractivity contribution in [3.8, 4) is 0 Å². The van der Waals surface area contributed by atoms with E-state index in [9.17, 15) is 23.9 Å². The Hall–Kier alpha value is -3.52. The van der Waals surface area contributed by atoms with Gasteiger partial charge in [0.15, 0.2) is 0 Å². The SMILES string of the molecule is COC(=O)/C(=C/c1cccnc1)n1cc(C(=O)O)c(=O)c2cc(F)c(Cl)cc21. The third kappa shape index (κ3) is 3.49. The highest BCUT2D eigenvalue weighted by Crippen LogP contribution is 2.25. The number of carboxylic acid groups (broad SMARTS) is 1. The summed E-state index contributed by atoms with van der Waals surface area (Å²) in [5.41, 5.74) is -1.11. The number of ether oxygens (including phenoxy) is 1. The number of benzene rings is 1. The molecule has 0 unspecified atom stereocenters. The van der Waals surface area contributed by atoms with Crippen LogP contribution in [0.4, 0.5) is 4.39 Å². The van der Waals surface area contributed by atoms with Gasteiger partial charge >= 0.3 is 11.9 Å². The first-order valence-electron chi connectivity index (χ1n) is 7.81. The highest BCUT2D eigenvalue weighted by Gasteiger charge is 2.21. The van der Waals surface area contributed by atoms with Crippen molar-refractivity contribution < 1.29 is 23.8 Å². The summed E-state index contributed by atoms with van der Waals surface area (Å²) in [6.45, 7) is 0. The van der Waals surface area contributed by atoms with Crippen LogP contribution in [0.15, 0.2) is 47.7 Å². The first-order chi connectivity index (χ1) is 13.3. The van der Waals surface area contributed by atoms with E-state index in [4.69, 9.17) is 16.3 Å². The number of carboxylic acids is 1. The summed E-state index contributed by atoms with van der Waals surface area (Å²) in [7, 11) is 1.15. The lowest BCUT2D eigenvalue weighted by molar-refractivity contribution is -0.134. The summed E-state index contributed by atoms with van der Waals surface area (Å²) in [6, 6.07) is 5.27. The lowest BCUT2D eigenvalue weighted by Crippen LogP contribution is -2.21. The normalized spacial score (nSPS) is 11.5. The van der Waals surface area contributed by atoms with E-state index in [-0.39, 0.29) is 21.6 Å². The fourth-order valence-corrected chi connectivity index (χ4v) is 2.78. The van der Waals surface area contributed by atoms with E-state index in [1.165, 1.54) is 18.5 Å². The zero-order chi connectivity index (χ0) is 20.4. The van der Waals surface area contributed by atoms with Gasteiger partial charge in [-0.2, -0.15) is 0 Å². The van der Waals surface area contributed by atoms with Gasteiger partial charge in [-0.1, -0.05) is 17.7 Å². The summed E-state index contributed by atoms with van der Waals surface area (Å²) in [4.78, 5) is 40.3. The van der Waals surface area contributed by atoms with Crippen molar-refractivity contribution in [1.82, 2.24) is 9.55 Å². The number of aromatic carboxylic acids is 1. The van der Waals surface area contributed by atoms with Gasteiger partial charge in [-0.15, -0.1) is 0 Å². The standard InChI is InChI=1S/C19H12ClFN2O5/c1-28-19(27)16(5-10-3-2-4-22-8-10)23-9-12(18(25)26)17(24)11-6-14(21)13(20)7-15(11)23/h2-9H,1H3,(H,25,26)/b16-5-. The molecular weight excluding hydrogens is 391 g/mol. The average molecular weight is 403 g/mol. The van der Waals surface area contributed by atoms with Crippen molar-refractivity contribution in [3.63, 3.8) is 0 Å². The molecule has 2 aromatic heterocycles. The second-order valence-corrected chi connectivity index (χ2v) is 6.05. The zero-order valence-corrected chi connectivity index (χ0v) is 15.1. The largest absolute Gasteiger partial charge is 0.477 e. The van der Waals surface area contributed by atoms with E-state index < -0.39 is 28.7 Å². The first-order valence-corrected chi connectivity index (χ1v) is 8.19. The Balaban J connectivity index is 2.44. The molecule has 0 saturated carbocycles. The van der Waals surface area contributed by atoms with Crippen molar-refractivity contribution in [2.24, 2.45) is 0 Å². The van der Waals surface area contributed by atoms with E-state index in [0.717, 1.165) is 30.0 Å². The van der Waals surface area contributed by atoms with E-state index in [2.05, 4.69) is 4.98 Å². The van der Waals surface area contributed by atoms with E-state index >= 15 is 0 Å². The molecule has 0 radical (unpaired) electrons. The highest BCUT2D eigenvalue weighted by molar-refractivity contribution is 6.31. The predicted octanol–water partition coefficient (Wildman–Crippen LogP) is 3.06. The number of hydrogen-bond acceptors (Lipinski definition) is 5. The number of rotatable bonds is 4. The van der Waals surface area contributed by atoms with Crippen LogP contribution in [0.5, 0.6) is 0 Å². The predicted molar refractivity (Wildman–Crippen MR) is 101 cm³/mol. The lowest BCUT2D eigenvalue weighted by Gasteiger charge is -2.15. The van der Waals surface area contributed by atoms with Crippen LogP contribution in [0.1, 0.15) is 15.9 Å². The van der Waals surface area contributed by atoms with Crippen molar-refractivity contribution in [2.45, 2.75) is 0 Å². The van der Waals surface area contributed by atoms with Crippen LogP contribution in [0.3, 0.4) is 0 Å². The molecule has 7 nitrogen and oxygen atoms in total. The van der Waals surface area contributed by atoms with E-state index in [0.29, 0.717) is 5.56 Å². The van der Waals surface area contributed by atoms with Gasteiger partial charge in [0, 0.05) is 24.0 Å². The van der Waals surface area contributed by atoms with Crippen LogP contribution in [-0.4, -0.2) is 33.7 Å². The first kappa shape index (κ1) is 19.2. The fourth-order valence-electron chi connectivity index (χ4n) is 2.62. The molecule has 0 aliphatic carbocycles. The minimum atomic E-state index is -1.53. The Bertz CT molecular complexity index is 1190. The molecular formula is C19H12ClFN2O5. The van der Waals surface area contributed by atoms with E-state index in [1.54, 1.807) is 12.1 Å². The van der Waals surface area contributed by atoms with Crippen LogP contribution < -0.4 is 5.43 Å². The van der Waals surface area contributed by atoms with Gasteiger partial charge in [-0.05, 0) is 29.8 Å². The van der Waals surface area contributed by atoms with Gasteiger partial charge < -0.3 is 14.4 Å². The Labute approximate surface area is 162 Å². The molecule has 1 aromatic carbocycles. The quantitative estimate of drug-likeness (QED) is 0.532. The molecule has 0 fully saturated rings. The second kappa shape index (κ2) is 7.61. The topological polar surface area (TPSA) is 98.5 Å². The van der Waals surface area contributed by atoms with Gasteiger partial charge in [0.2, 0.25) is 5.43 Å². The maximum absolute atomic E-state index is 13.9. The number of aromatic nitrogens is 2. The summed E-state index contributed by atoms with van der Waals surface area (Å²) < 4.78 is 19.8.